The first kappa shape index (κ1) is 14.8. The molecule has 2 aromatic carbocycles. The lowest BCUT2D eigenvalue weighted by atomic mass is 10.1. The van der Waals surface area contributed by atoms with Crippen LogP contribution >= 0.6 is 23.2 Å². The van der Waals surface area contributed by atoms with E-state index in [1.165, 1.54) is 18.2 Å². The van der Waals surface area contributed by atoms with E-state index in [0.29, 0.717) is 16.3 Å². The summed E-state index contributed by atoms with van der Waals surface area (Å²) >= 11 is 11.5. The SMILES string of the molecule is CC(Oc1ccc(F)c(Cl)c1)C(=O)c1cccc(Cl)c1. The van der Waals surface area contributed by atoms with Crippen molar-refractivity contribution in [3.63, 3.8) is 0 Å². The Hall–Kier alpha value is -1.58. The van der Waals surface area contributed by atoms with Crippen LogP contribution in [0, 0.1) is 5.82 Å². The van der Waals surface area contributed by atoms with Gasteiger partial charge in [0.2, 0.25) is 5.78 Å². The number of hydrogen-bond donors (Lipinski definition) is 0. The molecule has 0 aliphatic carbocycles. The second-order valence-electron chi connectivity index (χ2n) is 4.21. The van der Waals surface area contributed by atoms with Gasteiger partial charge in [0.1, 0.15) is 11.6 Å². The lowest BCUT2D eigenvalue weighted by molar-refractivity contribution is 0.0818. The Bertz CT molecular complexity index is 644. The van der Waals surface area contributed by atoms with Crippen molar-refractivity contribution in [1.82, 2.24) is 0 Å². The largest absolute Gasteiger partial charge is 0.483 e. The maximum Gasteiger partial charge on any atom is 0.203 e. The molecule has 0 bridgehead atoms. The molecular weight excluding hydrogens is 302 g/mol. The highest BCUT2D eigenvalue weighted by Gasteiger charge is 2.17. The van der Waals surface area contributed by atoms with Gasteiger partial charge in [0.05, 0.1) is 5.02 Å². The van der Waals surface area contributed by atoms with Crippen molar-refractivity contribution in [2.24, 2.45) is 0 Å². The zero-order valence-corrected chi connectivity index (χ0v) is 12.1. The first-order valence-electron chi connectivity index (χ1n) is 5.89. The minimum atomic E-state index is -0.727. The molecule has 0 aliphatic heterocycles. The molecule has 0 heterocycles. The van der Waals surface area contributed by atoms with Crippen molar-refractivity contribution in [2.45, 2.75) is 13.0 Å². The van der Waals surface area contributed by atoms with E-state index in [4.69, 9.17) is 27.9 Å². The predicted molar refractivity (Wildman–Crippen MR) is 77.3 cm³/mol. The average Bonchev–Trinajstić information content (AvgIpc) is 2.42. The van der Waals surface area contributed by atoms with Crippen molar-refractivity contribution in [3.05, 3.63) is 63.9 Å². The Kier molecular flexibility index (Phi) is 4.63. The Morgan fingerprint density at radius 2 is 1.95 bits per heavy atom. The predicted octanol–water partition coefficient (Wildman–Crippen LogP) is 4.78. The molecule has 2 aromatic rings. The van der Waals surface area contributed by atoms with Crippen molar-refractivity contribution in [2.75, 3.05) is 0 Å². The van der Waals surface area contributed by atoms with Crippen molar-refractivity contribution >= 4 is 29.0 Å². The Labute approximate surface area is 126 Å². The van der Waals surface area contributed by atoms with Gasteiger partial charge in [-0.15, -0.1) is 0 Å². The van der Waals surface area contributed by atoms with Crippen LogP contribution in [0.3, 0.4) is 0 Å². The van der Waals surface area contributed by atoms with Crippen LogP contribution < -0.4 is 4.74 Å². The number of ketones is 1. The third-order valence-corrected chi connectivity index (χ3v) is 3.21. The van der Waals surface area contributed by atoms with Crippen LogP contribution in [-0.2, 0) is 0 Å². The maximum absolute atomic E-state index is 13.0. The molecule has 0 radical (unpaired) electrons. The molecule has 20 heavy (non-hydrogen) atoms. The number of rotatable bonds is 4. The molecule has 5 heteroatoms. The molecule has 0 saturated heterocycles. The van der Waals surface area contributed by atoms with Crippen LogP contribution in [0.15, 0.2) is 42.5 Å². The van der Waals surface area contributed by atoms with Gasteiger partial charge in [0.25, 0.3) is 0 Å². The Morgan fingerprint density at radius 3 is 2.60 bits per heavy atom. The number of benzene rings is 2. The summed E-state index contributed by atoms with van der Waals surface area (Å²) in [5.74, 6) is -0.417. The van der Waals surface area contributed by atoms with Crippen LogP contribution in [0.5, 0.6) is 5.75 Å². The van der Waals surface area contributed by atoms with Gasteiger partial charge < -0.3 is 4.74 Å². The van der Waals surface area contributed by atoms with Crippen LogP contribution in [0.25, 0.3) is 0 Å². The van der Waals surface area contributed by atoms with Crippen molar-refractivity contribution < 1.29 is 13.9 Å². The summed E-state index contributed by atoms with van der Waals surface area (Å²) in [6.45, 7) is 1.61. The zero-order valence-electron chi connectivity index (χ0n) is 10.6. The highest BCUT2D eigenvalue weighted by molar-refractivity contribution is 6.31. The van der Waals surface area contributed by atoms with Crippen LogP contribution in [-0.4, -0.2) is 11.9 Å². The quantitative estimate of drug-likeness (QED) is 0.759. The number of hydrogen-bond acceptors (Lipinski definition) is 2. The molecule has 2 rings (SSSR count). The average molecular weight is 313 g/mol. The first-order chi connectivity index (χ1) is 9.47. The van der Waals surface area contributed by atoms with E-state index in [-0.39, 0.29) is 10.8 Å². The van der Waals surface area contributed by atoms with E-state index in [1.807, 2.05) is 0 Å². The van der Waals surface area contributed by atoms with Crippen LogP contribution in [0.1, 0.15) is 17.3 Å². The summed E-state index contributed by atoms with van der Waals surface area (Å²) < 4.78 is 18.5. The third-order valence-electron chi connectivity index (χ3n) is 2.68. The summed E-state index contributed by atoms with van der Waals surface area (Å²) in [5, 5.41) is 0.429. The monoisotopic (exact) mass is 312 g/mol. The highest BCUT2D eigenvalue weighted by Crippen LogP contribution is 2.23. The Balaban J connectivity index is 2.13. The van der Waals surface area contributed by atoms with E-state index >= 15 is 0 Å². The van der Waals surface area contributed by atoms with Crippen LogP contribution in [0.2, 0.25) is 10.0 Å². The molecule has 0 N–H and O–H groups in total. The molecule has 0 spiro atoms. The van der Waals surface area contributed by atoms with Gasteiger partial charge in [-0.25, -0.2) is 4.39 Å². The molecule has 0 amide bonds. The van der Waals surface area contributed by atoms with Gasteiger partial charge in [0, 0.05) is 16.7 Å². The van der Waals surface area contributed by atoms with Gasteiger partial charge in [0.15, 0.2) is 6.10 Å². The lowest BCUT2D eigenvalue weighted by Crippen LogP contribution is -2.23. The molecule has 2 nitrogen and oxygen atoms in total. The minimum absolute atomic E-state index is 0.0510. The summed E-state index contributed by atoms with van der Waals surface area (Å²) in [6.07, 6.45) is -0.727. The van der Waals surface area contributed by atoms with E-state index < -0.39 is 11.9 Å². The van der Waals surface area contributed by atoms with Crippen molar-refractivity contribution in [1.29, 1.82) is 0 Å². The molecule has 0 saturated carbocycles. The fourth-order valence-electron chi connectivity index (χ4n) is 1.68. The smallest absolute Gasteiger partial charge is 0.203 e. The number of Topliss-reactive ketones (excluding diaryl/α,β-unsaturated/α-hetero) is 1. The maximum atomic E-state index is 13.0. The second-order valence-corrected chi connectivity index (χ2v) is 5.05. The highest BCUT2D eigenvalue weighted by atomic mass is 35.5. The topological polar surface area (TPSA) is 26.3 Å². The van der Waals surface area contributed by atoms with Gasteiger partial charge >= 0.3 is 0 Å². The molecule has 0 aliphatic rings. The summed E-state index contributed by atoms with van der Waals surface area (Å²) in [6, 6.07) is 10.5. The Morgan fingerprint density at radius 1 is 1.20 bits per heavy atom. The van der Waals surface area contributed by atoms with Crippen molar-refractivity contribution in [3.8, 4) is 5.75 Å². The third kappa shape index (κ3) is 3.50. The van der Waals surface area contributed by atoms with E-state index in [0.717, 1.165) is 0 Å². The number of carbonyl (C=O) groups is 1. The fourth-order valence-corrected chi connectivity index (χ4v) is 2.05. The summed E-state index contributed by atoms with van der Waals surface area (Å²) in [5.41, 5.74) is 0.457. The van der Waals surface area contributed by atoms with Gasteiger partial charge in [-0.3, -0.25) is 4.79 Å². The molecule has 0 fully saturated rings. The van der Waals surface area contributed by atoms with Crippen LogP contribution in [0.4, 0.5) is 4.39 Å². The van der Waals surface area contributed by atoms with E-state index in [1.54, 1.807) is 31.2 Å². The molecule has 0 aromatic heterocycles. The first-order valence-corrected chi connectivity index (χ1v) is 6.64. The normalized spacial score (nSPS) is 12.0. The summed E-state index contributed by atoms with van der Waals surface area (Å²) in [4.78, 5) is 12.2. The lowest BCUT2D eigenvalue weighted by Gasteiger charge is -2.14. The number of ether oxygens (including phenoxy) is 1. The molecule has 1 unspecified atom stereocenters. The van der Waals surface area contributed by atoms with E-state index in [9.17, 15) is 9.18 Å². The molecular formula is C15H11Cl2FO2. The fraction of sp³-hybridized carbons (Fsp3) is 0.133. The van der Waals surface area contributed by atoms with E-state index in [2.05, 4.69) is 0 Å². The molecule has 104 valence electrons. The zero-order chi connectivity index (χ0) is 14.7. The minimum Gasteiger partial charge on any atom is -0.483 e. The number of halogens is 3. The van der Waals surface area contributed by atoms with Gasteiger partial charge in [-0.05, 0) is 31.2 Å². The standard InChI is InChI=1S/C15H11Cl2FO2/c1-9(15(19)10-3-2-4-11(16)7-10)20-12-5-6-14(18)13(17)8-12/h2-9H,1H3. The molecule has 1 atom stereocenters. The number of carbonyl (C=O) groups excluding carboxylic acids is 1. The second kappa shape index (κ2) is 6.25. The van der Waals surface area contributed by atoms with Gasteiger partial charge in [-0.1, -0.05) is 35.3 Å². The summed E-state index contributed by atoms with van der Waals surface area (Å²) in [7, 11) is 0. The van der Waals surface area contributed by atoms with Gasteiger partial charge in [-0.2, -0.15) is 0 Å².